The molecule has 10 nitrogen and oxygen atoms in total. The lowest BCUT2D eigenvalue weighted by atomic mass is 9.41. The van der Waals surface area contributed by atoms with E-state index < -0.39 is 23.8 Å². The Kier molecular flexibility index (Phi) is 9.94. The van der Waals surface area contributed by atoms with Crippen molar-refractivity contribution in [1.82, 2.24) is 4.90 Å². The first-order valence-corrected chi connectivity index (χ1v) is 19.6. The molecular weight excluding hydrogens is 636 g/mol. The molecule has 5 saturated carbocycles. The number of carbonyl (C=O) groups excluding carboxylic acids is 2. The summed E-state index contributed by atoms with van der Waals surface area (Å²) in [5, 5.41) is 23.1. The third kappa shape index (κ3) is 5.71. The number of aliphatic hydroxyl groups excluding tert-OH is 1. The highest BCUT2D eigenvalue weighted by atomic mass is 16.7. The zero-order chi connectivity index (χ0) is 36.8. The molecule has 1 aliphatic heterocycles. The van der Waals surface area contributed by atoms with Crippen molar-refractivity contribution in [3.05, 3.63) is 0 Å². The van der Waals surface area contributed by atoms with Gasteiger partial charge in [0.25, 0.3) is 0 Å². The van der Waals surface area contributed by atoms with E-state index in [4.69, 9.17) is 24.7 Å². The van der Waals surface area contributed by atoms with Crippen LogP contribution in [0.3, 0.4) is 0 Å². The molecule has 5 aliphatic carbocycles. The van der Waals surface area contributed by atoms with Gasteiger partial charge in [0.2, 0.25) is 5.91 Å². The number of primary amides is 1. The summed E-state index contributed by atoms with van der Waals surface area (Å²) in [4.78, 5) is 26.0. The van der Waals surface area contributed by atoms with Crippen molar-refractivity contribution in [2.24, 2.45) is 56.5 Å². The number of nitrogens with zero attached hydrogens (tertiary/aromatic N) is 1. The first kappa shape index (κ1) is 38.4. The second-order valence-electron chi connectivity index (χ2n) is 19.3. The molecule has 6 fully saturated rings. The average molecular weight is 705 g/mol. The third-order valence-electron chi connectivity index (χ3n) is 16.5. The van der Waals surface area contributed by atoms with E-state index in [0.717, 1.165) is 38.5 Å². The number of ether oxygens (including phenoxy) is 4. The van der Waals surface area contributed by atoms with E-state index in [9.17, 15) is 19.8 Å². The summed E-state index contributed by atoms with van der Waals surface area (Å²) >= 11 is 0. The normalized spacial score (nSPS) is 44.8. The summed E-state index contributed by atoms with van der Waals surface area (Å²) in [6, 6.07) is -0.340. The molecule has 10 heteroatoms. The maximum atomic E-state index is 12.2. The lowest BCUT2D eigenvalue weighted by Crippen LogP contribution is -2.60. The number of methoxy groups -OCH3 is 1. The quantitative estimate of drug-likeness (QED) is 0.252. The van der Waals surface area contributed by atoms with Gasteiger partial charge in [-0.05, 0) is 124 Å². The summed E-state index contributed by atoms with van der Waals surface area (Å²) in [5.74, 6) is 0.775. The number of amides is 1. The minimum atomic E-state index is -1.25. The maximum absolute atomic E-state index is 12.2. The summed E-state index contributed by atoms with van der Waals surface area (Å²) in [6.45, 7) is 20.3. The van der Waals surface area contributed by atoms with E-state index in [-0.39, 0.29) is 69.4 Å². The highest BCUT2D eigenvalue weighted by Crippen LogP contribution is 2.89. The summed E-state index contributed by atoms with van der Waals surface area (Å²) in [7, 11) is 1.63. The fourth-order valence-electron chi connectivity index (χ4n) is 13.7. The first-order chi connectivity index (χ1) is 23.2. The van der Waals surface area contributed by atoms with Crippen molar-refractivity contribution in [2.75, 3.05) is 26.8 Å². The Morgan fingerprint density at radius 1 is 1.04 bits per heavy atom. The Bertz CT molecular complexity index is 1300. The molecule has 1 amide bonds. The Hall–Kier alpha value is -1.30. The number of esters is 1. The monoisotopic (exact) mass is 704 g/mol. The SMILES string of the molecule is COC(C[C@@H](C)[C@H]1C[C@H](O)[C@@]2(C)C3CC[C@H]4C(C)(C)C(OC5CN([C@H](C)C(N)=O)CCO5)CCC45CC35CCC12C)C(OC(C)=O)C(C)(C)O. The minimum absolute atomic E-state index is 0.0191. The number of carbonyl (C=O) groups is 2. The molecule has 6 aliphatic rings. The van der Waals surface area contributed by atoms with Crippen molar-refractivity contribution >= 4 is 11.9 Å². The molecule has 6 rings (SSSR count). The van der Waals surface area contributed by atoms with Crippen LogP contribution in [0.15, 0.2) is 0 Å². The van der Waals surface area contributed by atoms with E-state index in [2.05, 4.69) is 39.5 Å². The number of morpholine rings is 1. The van der Waals surface area contributed by atoms with Crippen molar-refractivity contribution in [3.8, 4) is 0 Å². The van der Waals surface area contributed by atoms with E-state index in [0.29, 0.717) is 38.0 Å². The van der Waals surface area contributed by atoms with Gasteiger partial charge in [0, 0.05) is 26.0 Å². The highest BCUT2D eigenvalue weighted by molar-refractivity contribution is 5.79. The first-order valence-electron chi connectivity index (χ1n) is 19.6. The van der Waals surface area contributed by atoms with Crippen LogP contribution in [0, 0.1) is 50.7 Å². The number of nitrogens with two attached hydrogens (primary N) is 1. The molecule has 4 N–H and O–H groups in total. The molecule has 0 bridgehead atoms. The van der Waals surface area contributed by atoms with Crippen LogP contribution < -0.4 is 5.73 Å². The van der Waals surface area contributed by atoms with Crippen molar-refractivity contribution in [3.63, 3.8) is 0 Å². The number of rotatable bonds is 11. The Labute approximate surface area is 300 Å². The number of aliphatic hydroxyl groups is 2. The minimum Gasteiger partial charge on any atom is -0.457 e. The van der Waals surface area contributed by atoms with E-state index in [1.165, 1.54) is 19.8 Å². The largest absolute Gasteiger partial charge is 0.457 e. The van der Waals surface area contributed by atoms with Crippen molar-refractivity contribution in [2.45, 2.75) is 162 Å². The second kappa shape index (κ2) is 12.9. The molecule has 0 radical (unpaired) electrons. The van der Waals surface area contributed by atoms with Gasteiger partial charge < -0.3 is 34.9 Å². The Morgan fingerprint density at radius 3 is 2.32 bits per heavy atom. The van der Waals surface area contributed by atoms with Gasteiger partial charge in [-0.1, -0.05) is 34.6 Å². The molecule has 1 heterocycles. The van der Waals surface area contributed by atoms with E-state index in [1.54, 1.807) is 21.0 Å². The van der Waals surface area contributed by atoms with Gasteiger partial charge in [0.1, 0.15) is 0 Å². The molecule has 0 aromatic heterocycles. The molecular formula is C40H68N2O8. The second-order valence-corrected chi connectivity index (χ2v) is 19.3. The van der Waals surface area contributed by atoms with Crippen molar-refractivity contribution < 1.29 is 38.7 Å². The zero-order valence-electron chi connectivity index (χ0n) is 32.6. The Balaban J connectivity index is 1.18. The average Bonchev–Trinajstić information content (AvgIpc) is 3.65. The maximum Gasteiger partial charge on any atom is 0.303 e. The van der Waals surface area contributed by atoms with E-state index in [1.807, 2.05) is 6.92 Å². The number of fused-ring (bicyclic) bond motifs is 2. The Morgan fingerprint density at radius 2 is 1.70 bits per heavy atom. The van der Waals surface area contributed by atoms with Crippen LogP contribution in [-0.4, -0.2) is 96.1 Å². The predicted octanol–water partition coefficient (Wildman–Crippen LogP) is 5.06. The van der Waals surface area contributed by atoms with Gasteiger partial charge in [-0.15, -0.1) is 0 Å². The zero-order valence-corrected chi connectivity index (χ0v) is 32.6. The standard InChI is InChI=1S/C40H68N2O8/c1-23(19-27(47-10)33(36(6,7)46)49-25(3)43)26-20-30(44)38(9)29-12-11-28-35(4,5)31(50-32-21-42(17-18-48-32)24(2)34(41)45)13-14-39(28)22-40(29,39)16-15-37(26,38)8/h23-24,26-33,44,46H,11-22H2,1-10H3,(H2,41,45)/t23-,24-,26-,27?,28+,29?,30+,31?,32?,33?,37?,38-,39?,40?/m1/s1. The molecule has 2 spiro atoms. The smallest absolute Gasteiger partial charge is 0.303 e. The summed E-state index contributed by atoms with van der Waals surface area (Å²) in [5.41, 5.74) is 4.67. The van der Waals surface area contributed by atoms with Crippen molar-refractivity contribution in [1.29, 1.82) is 0 Å². The van der Waals surface area contributed by atoms with Gasteiger partial charge >= 0.3 is 5.97 Å². The van der Waals surface area contributed by atoms with Crippen LogP contribution >= 0.6 is 0 Å². The van der Waals surface area contributed by atoms with Gasteiger partial charge in [-0.25, -0.2) is 0 Å². The molecule has 8 unspecified atom stereocenters. The van der Waals surface area contributed by atoms with E-state index >= 15 is 0 Å². The van der Waals surface area contributed by atoms with Gasteiger partial charge in [-0.2, -0.15) is 0 Å². The fourth-order valence-corrected chi connectivity index (χ4v) is 13.7. The topological polar surface area (TPSA) is 141 Å². The van der Waals surface area contributed by atoms with Gasteiger partial charge in [0.15, 0.2) is 12.4 Å². The number of hydrogen-bond donors (Lipinski definition) is 3. The fraction of sp³-hybridized carbons (Fsp3) is 0.950. The summed E-state index contributed by atoms with van der Waals surface area (Å²) in [6.07, 6.45) is 7.52. The summed E-state index contributed by atoms with van der Waals surface area (Å²) < 4.78 is 24.5. The molecule has 0 aromatic carbocycles. The molecule has 14 atom stereocenters. The van der Waals surface area contributed by atoms with Gasteiger partial charge in [0.05, 0.1) is 43.1 Å². The van der Waals surface area contributed by atoms with Crippen LogP contribution in [0.2, 0.25) is 0 Å². The lowest BCUT2D eigenvalue weighted by molar-refractivity contribution is -0.250. The van der Waals surface area contributed by atoms with Crippen LogP contribution in [0.1, 0.15) is 120 Å². The van der Waals surface area contributed by atoms with Crippen LogP contribution in [0.25, 0.3) is 0 Å². The van der Waals surface area contributed by atoms with Crippen LogP contribution in [-0.2, 0) is 28.5 Å². The number of hydrogen-bond acceptors (Lipinski definition) is 9. The van der Waals surface area contributed by atoms with Crippen LogP contribution in [0.4, 0.5) is 0 Å². The third-order valence-corrected chi connectivity index (χ3v) is 16.5. The molecule has 50 heavy (non-hydrogen) atoms. The molecule has 1 saturated heterocycles. The molecule has 286 valence electrons. The van der Waals surface area contributed by atoms with Crippen LogP contribution in [0.5, 0.6) is 0 Å². The lowest BCUT2D eigenvalue weighted by Gasteiger charge is -2.64. The molecule has 0 aromatic rings. The van der Waals surface area contributed by atoms with Gasteiger partial charge in [-0.3, -0.25) is 14.5 Å². The highest BCUT2D eigenvalue weighted by Gasteiger charge is 2.83. The predicted molar refractivity (Wildman–Crippen MR) is 190 cm³/mol.